The first-order chi connectivity index (χ1) is 12.9. The summed E-state index contributed by atoms with van der Waals surface area (Å²) >= 11 is 1.46. The maximum atomic E-state index is 11.1. The van der Waals surface area contributed by atoms with Gasteiger partial charge in [0.25, 0.3) is 0 Å². The van der Waals surface area contributed by atoms with E-state index in [-0.39, 0.29) is 11.5 Å². The molecule has 0 spiro atoms. The highest BCUT2D eigenvalue weighted by atomic mass is 32.2. The first-order valence-electron chi connectivity index (χ1n) is 8.55. The summed E-state index contributed by atoms with van der Waals surface area (Å²) < 4.78 is 0. The van der Waals surface area contributed by atoms with E-state index in [1.54, 1.807) is 18.3 Å². The van der Waals surface area contributed by atoms with E-state index in [1.165, 1.54) is 23.9 Å². The van der Waals surface area contributed by atoms with Crippen molar-refractivity contribution in [3.8, 4) is 0 Å². The molecule has 1 aliphatic rings. The molecule has 1 aromatic rings. The van der Waals surface area contributed by atoms with Crippen LogP contribution in [0.4, 0.5) is 0 Å². The van der Waals surface area contributed by atoms with E-state index in [0.29, 0.717) is 11.3 Å². The minimum atomic E-state index is -0.992. The molecule has 2 rings (SSSR count). The Labute approximate surface area is 164 Å². The predicted molar refractivity (Wildman–Crippen MR) is 113 cm³/mol. The van der Waals surface area contributed by atoms with E-state index in [9.17, 15) is 9.90 Å². The second-order valence-corrected chi connectivity index (χ2v) is 7.28. The van der Waals surface area contributed by atoms with Crippen LogP contribution in [0.1, 0.15) is 36.2 Å². The number of hydrogen-bond acceptors (Lipinski definition) is 4. The van der Waals surface area contributed by atoms with E-state index in [4.69, 9.17) is 5.11 Å². The molecule has 140 valence electrons. The fraction of sp³-hybridized carbons (Fsp3) is 0.182. The molecule has 1 atom stereocenters. The van der Waals surface area contributed by atoms with Crippen molar-refractivity contribution >= 4 is 23.9 Å². The molecule has 0 radical (unpaired) electrons. The van der Waals surface area contributed by atoms with Crippen molar-refractivity contribution in [2.24, 2.45) is 10.9 Å². The third-order valence-corrected chi connectivity index (χ3v) is 5.25. The molecular weight excluding hydrogens is 358 g/mol. The average molecular weight is 381 g/mol. The third kappa shape index (κ3) is 5.86. The smallest absolute Gasteiger partial charge is 0.335 e. The van der Waals surface area contributed by atoms with E-state index in [2.05, 4.69) is 30.6 Å². The van der Waals surface area contributed by atoms with Gasteiger partial charge in [0, 0.05) is 16.0 Å². The van der Waals surface area contributed by atoms with Gasteiger partial charge in [0.2, 0.25) is 0 Å². The lowest BCUT2D eigenvalue weighted by Crippen LogP contribution is -1.99. The number of aromatic carboxylic acids is 1. The van der Waals surface area contributed by atoms with Gasteiger partial charge in [0.15, 0.2) is 0 Å². The molecule has 1 heterocycles. The summed E-state index contributed by atoms with van der Waals surface area (Å²) in [5.74, 6) is -0.805. The third-order valence-electron chi connectivity index (χ3n) is 4.12. The van der Waals surface area contributed by atoms with Gasteiger partial charge < -0.3 is 10.2 Å². The van der Waals surface area contributed by atoms with Crippen LogP contribution < -0.4 is 0 Å². The summed E-state index contributed by atoms with van der Waals surface area (Å²) in [5, 5.41) is 18.9. The highest BCUT2D eigenvalue weighted by Crippen LogP contribution is 2.37. The highest BCUT2D eigenvalue weighted by Gasteiger charge is 2.15. The summed E-state index contributed by atoms with van der Waals surface area (Å²) in [4.78, 5) is 17.2. The number of aliphatic imine (C=N–C) groups is 1. The second-order valence-electron chi connectivity index (χ2n) is 6.14. The van der Waals surface area contributed by atoms with Gasteiger partial charge in [-0.1, -0.05) is 67.3 Å². The quantitative estimate of drug-likeness (QED) is 0.388. The predicted octanol–water partition coefficient (Wildman–Crippen LogP) is 5.88. The zero-order chi connectivity index (χ0) is 19.8. The summed E-state index contributed by atoms with van der Waals surface area (Å²) in [6, 6.07) is 6.49. The molecule has 0 fully saturated rings. The van der Waals surface area contributed by atoms with Gasteiger partial charge in [0.05, 0.1) is 5.56 Å². The van der Waals surface area contributed by atoms with Crippen molar-refractivity contribution in [1.82, 2.24) is 0 Å². The average Bonchev–Trinajstić information content (AvgIpc) is 2.66. The first kappa shape index (κ1) is 20.5. The van der Waals surface area contributed by atoms with E-state index in [1.807, 2.05) is 19.1 Å². The Morgan fingerprint density at radius 2 is 2.15 bits per heavy atom. The van der Waals surface area contributed by atoms with Crippen molar-refractivity contribution in [1.29, 1.82) is 0 Å². The Bertz CT molecular complexity index is 875. The lowest BCUT2D eigenvalue weighted by atomic mass is 10.0. The normalized spacial score (nSPS) is 24.0. The largest absolute Gasteiger partial charge is 0.513 e. The lowest BCUT2D eigenvalue weighted by molar-refractivity contribution is 0.0697. The Kier molecular flexibility index (Phi) is 7.44. The maximum Gasteiger partial charge on any atom is 0.335 e. The van der Waals surface area contributed by atoms with Crippen molar-refractivity contribution in [2.45, 2.75) is 20.3 Å². The fourth-order valence-electron chi connectivity index (χ4n) is 2.46. The van der Waals surface area contributed by atoms with Crippen LogP contribution in [0, 0.1) is 5.92 Å². The number of nitrogens with zero attached hydrogens (tertiary/aromatic N) is 1. The van der Waals surface area contributed by atoms with Gasteiger partial charge in [-0.2, -0.15) is 0 Å². The maximum absolute atomic E-state index is 11.1. The van der Waals surface area contributed by atoms with Gasteiger partial charge in [-0.3, -0.25) is 4.99 Å². The molecule has 1 aromatic carbocycles. The van der Waals surface area contributed by atoms with Crippen LogP contribution in [0.3, 0.4) is 0 Å². The molecular formula is C22H23NO3S. The minimum absolute atomic E-state index is 0.187. The zero-order valence-corrected chi connectivity index (χ0v) is 16.2. The molecule has 0 aromatic heterocycles. The van der Waals surface area contributed by atoms with Crippen LogP contribution in [0.5, 0.6) is 0 Å². The number of allylic oxidation sites excluding steroid dienone is 5. The standard InChI is InChI=1S/C22H23NO3S/c1-15-8-5-4-6-9-16(2)27-21(17(15)3)20(14-24)23-13-18-10-7-11-19(12-18)22(25)26/h5-15,24H,2,4H2,1,3H3,(H,25,26)/b8-5-,9-6-,20-14-,21-17-,23-13?. The number of aliphatic hydroxyl groups is 1. The lowest BCUT2D eigenvalue weighted by Gasteiger charge is -2.16. The number of rotatable bonds is 4. The monoisotopic (exact) mass is 381 g/mol. The Morgan fingerprint density at radius 1 is 1.37 bits per heavy atom. The molecule has 1 unspecified atom stereocenters. The van der Waals surface area contributed by atoms with Gasteiger partial charge in [-0.05, 0) is 37.0 Å². The van der Waals surface area contributed by atoms with E-state index < -0.39 is 5.97 Å². The first-order valence-corrected chi connectivity index (χ1v) is 9.37. The van der Waals surface area contributed by atoms with Crippen LogP contribution in [0.2, 0.25) is 0 Å². The number of thioether (sulfide) groups is 1. The molecule has 5 heteroatoms. The molecule has 0 aliphatic carbocycles. The summed E-state index contributed by atoms with van der Waals surface area (Å²) in [6.07, 6.45) is 11.6. The van der Waals surface area contributed by atoms with Crippen LogP contribution >= 0.6 is 11.8 Å². The van der Waals surface area contributed by atoms with Crippen LogP contribution in [-0.2, 0) is 0 Å². The number of carbonyl (C=O) groups is 1. The molecule has 2 N–H and O–H groups in total. The van der Waals surface area contributed by atoms with Gasteiger partial charge >= 0.3 is 5.97 Å². The molecule has 0 saturated heterocycles. The zero-order valence-electron chi connectivity index (χ0n) is 15.4. The van der Waals surface area contributed by atoms with E-state index >= 15 is 0 Å². The second kappa shape index (κ2) is 9.78. The minimum Gasteiger partial charge on any atom is -0.513 e. The number of hydrogen-bond donors (Lipinski definition) is 2. The molecule has 1 aliphatic heterocycles. The van der Waals surface area contributed by atoms with Crippen molar-refractivity contribution in [3.63, 3.8) is 0 Å². The number of aliphatic hydroxyl groups excluding tert-OH is 1. The number of carboxylic acid groups (broad SMARTS) is 1. The van der Waals surface area contributed by atoms with Crippen molar-refractivity contribution < 1.29 is 15.0 Å². The van der Waals surface area contributed by atoms with Crippen LogP contribution in [0.15, 0.2) is 87.5 Å². The molecule has 4 nitrogen and oxygen atoms in total. The van der Waals surface area contributed by atoms with Gasteiger partial charge in [-0.25, -0.2) is 4.79 Å². The SMILES string of the molecule is C=C1/C=C\C/C=C\C(C)/C(C)=C(/C(=C/O)N=Cc2cccc(C(=O)O)c2)S1. The number of benzene rings is 1. The highest BCUT2D eigenvalue weighted by molar-refractivity contribution is 8.07. The number of carboxylic acids is 1. The topological polar surface area (TPSA) is 69.9 Å². The van der Waals surface area contributed by atoms with Gasteiger partial charge in [0.1, 0.15) is 12.0 Å². The summed E-state index contributed by atoms with van der Waals surface area (Å²) in [6.45, 7) is 8.16. The molecule has 0 bridgehead atoms. The van der Waals surface area contributed by atoms with E-state index in [0.717, 1.165) is 28.1 Å². The Morgan fingerprint density at radius 3 is 2.85 bits per heavy atom. The van der Waals surface area contributed by atoms with Gasteiger partial charge in [-0.15, -0.1) is 0 Å². The fourth-order valence-corrected chi connectivity index (χ4v) is 3.44. The van der Waals surface area contributed by atoms with Crippen LogP contribution in [-0.4, -0.2) is 22.4 Å². The van der Waals surface area contributed by atoms with Crippen LogP contribution in [0.25, 0.3) is 0 Å². The summed E-state index contributed by atoms with van der Waals surface area (Å²) in [7, 11) is 0. The van der Waals surface area contributed by atoms with Crippen molar-refractivity contribution in [2.75, 3.05) is 0 Å². The Balaban J connectivity index is 2.39. The molecule has 0 saturated carbocycles. The molecule has 27 heavy (non-hydrogen) atoms. The summed E-state index contributed by atoms with van der Waals surface area (Å²) in [5.41, 5.74) is 2.32. The molecule has 0 amide bonds. The van der Waals surface area contributed by atoms with Crippen molar-refractivity contribution in [3.05, 3.63) is 93.6 Å². The Hall–Kier alpha value is -2.79.